The topological polar surface area (TPSA) is 41.6 Å². The van der Waals surface area contributed by atoms with Gasteiger partial charge in [-0.05, 0) is 30.5 Å². The zero-order valence-electron chi connectivity index (χ0n) is 8.19. The number of hydrazone groups is 1. The predicted octanol–water partition coefficient (Wildman–Crippen LogP) is 1.58. The maximum absolute atomic E-state index is 5.08. The molecule has 0 radical (unpaired) electrons. The first kappa shape index (κ1) is 9.06. The van der Waals surface area contributed by atoms with Crippen LogP contribution in [0.15, 0.2) is 29.4 Å². The Morgan fingerprint density at radius 3 is 2.36 bits per heavy atom. The molecule has 1 saturated heterocycles. The Balaban J connectivity index is 2.12. The van der Waals surface area contributed by atoms with Gasteiger partial charge in [0.25, 0.3) is 0 Å². The molecule has 0 unspecified atom stereocenters. The van der Waals surface area contributed by atoms with Crippen molar-refractivity contribution in [3.05, 3.63) is 29.8 Å². The van der Waals surface area contributed by atoms with Crippen LogP contribution < -0.4 is 10.7 Å². The molecular weight excluding hydrogens is 174 g/mol. The fraction of sp³-hybridized carbons (Fsp3) is 0.364. The molecule has 1 heterocycles. The maximum atomic E-state index is 5.08. The summed E-state index contributed by atoms with van der Waals surface area (Å²) in [4.78, 5) is 2.41. The van der Waals surface area contributed by atoms with Crippen LogP contribution in [0.25, 0.3) is 0 Å². The lowest BCUT2D eigenvalue weighted by Gasteiger charge is -2.17. The third kappa shape index (κ3) is 1.87. The van der Waals surface area contributed by atoms with E-state index < -0.39 is 0 Å². The smallest absolute Gasteiger partial charge is 0.0538 e. The van der Waals surface area contributed by atoms with Gasteiger partial charge in [-0.2, -0.15) is 5.10 Å². The molecule has 2 rings (SSSR count). The number of rotatable bonds is 2. The molecule has 0 atom stereocenters. The molecule has 3 nitrogen and oxygen atoms in total. The Morgan fingerprint density at radius 1 is 1.14 bits per heavy atom. The molecule has 3 heteroatoms. The highest BCUT2D eigenvalue weighted by Gasteiger charge is 2.11. The first-order valence-electron chi connectivity index (χ1n) is 4.98. The van der Waals surface area contributed by atoms with E-state index in [2.05, 4.69) is 22.1 Å². The number of nitrogens with zero attached hydrogens (tertiary/aromatic N) is 2. The van der Waals surface area contributed by atoms with Gasteiger partial charge in [0.2, 0.25) is 0 Å². The highest BCUT2D eigenvalue weighted by molar-refractivity contribution is 5.80. The number of benzene rings is 1. The van der Waals surface area contributed by atoms with Gasteiger partial charge in [-0.25, -0.2) is 0 Å². The normalized spacial score (nSPS) is 16.7. The van der Waals surface area contributed by atoms with Crippen LogP contribution in [-0.2, 0) is 0 Å². The van der Waals surface area contributed by atoms with E-state index >= 15 is 0 Å². The predicted molar refractivity (Wildman–Crippen MR) is 59.7 cm³/mol. The lowest BCUT2D eigenvalue weighted by molar-refractivity contribution is 0.949. The van der Waals surface area contributed by atoms with Gasteiger partial charge < -0.3 is 10.7 Å². The molecule has 74 valence electrons. The molecule has 14 heavy (non-hydrogen) atoms. The van der Waals surface area contributed by atoms with Crippen LogP contribution in [0.2, 0.25) is 0 Å². The Labute approximate surface area is 84.2 Å². The molecule has 0 amide bonds. The van der Waals surface area contributed by atoms with Crippen molar-refractivity contribution in [1.29, 1.82) is 0 Å². The standard InChI is InChI=1S/C11H15N3/c12-13-9-10-3-5-11(6-4-10)14-7-1-2-8-14/h3-6,9H,1-2,7-8,12H2. The van der Waals surface area contributed by atoms with Gasteiger partial charge in [0, 0.05) is 18.8 Å². The van der Waals surface area contributed by atoms with Crippen molar-refractivity contribution in [2.24, 2.45) is 10.9 Å². The third-order valence-corrected chi connectivity index (χ3v) is 2.59. The summed E-state index contributed by atoms with van der Waals surface area (Å²) < 4.78 is 0. The van der Waals surface area contributed by atoms with Gasteiger partial charge in [0.1, 0.15) is 0 Å². The van der Waals surface area contributed by atoms with Crippen LogP contribution in [-0.4, -0.2) is 19.3 Å². The fourth-order valence-electron chi connectivity index (χ4n) is 1.83. The molecule has 0 spiro atoms. The van der Waals surface area contributed by atoms with E-state index in [-0.39, 0.29) is 0 Å². The molecular formula is C11H15N3. The van der Waals surface area contributed by atoms with Crippen LogP contribution in [0.5, 0.6) is 0 Å². The van der Waals surface area contributed by atoms with E-state index in [4.69, 9.17) is 5.84 Å². The van der Waals surface area contributed by atoms with E-state index in [9.17, 15) is 0 Å². The second-order valence-electron chi connectivity index (χ2n) is 3.56. The van der Waals surface area contributed by atoms with Crippen molar-refractivity contribution < 1.29 is 0 Å². The number of hydrogen-bond donors (Lipinski definition) is 1. The van der Waals surface area contributed by atoms with Crippen molar-refractivity contribution in [2.75, 3.05) is 18.0 Å². The van der Waals surface area contributed by atoms with E-state index in [0.29, 0.717) is 0 Å². The molecule has 0 aliphatic carbocycles. The van der Waals surface area contributed by atoms with Crippen molar-refractivity contribution in [3.63, 3.8) is 0 Å². The van der Waals surface area contributed by atoms with Crippen molar-refractivity contribution in [1.82, 2.24) is 0 Å². The number of hydrogen-bond acceptors (Lipinski definition) is 3. The highest BCUT2D eigenvalue weighted by Crippen LogP contribution is 2.19. The van der Waals surface area contributed by atoms with Crippen LogP contribution in [0.4, 0.5) is 5.69 Å². The first-order chi connectivity index (χ1) is 6.90. The molecule has 0 saturated carbocycles. The third-order valence-electron chi connectivity index (χ3n) is 2.59. The summed E-state index contributed by atoms with van der Waals surface area (Å²) in [6, 6.07) is 8.35. The summed E-state index contributed by atoms with van der Waals surface area (Å²) in [5, 5.41) is 3.49. The zero-order valence-corrected chi connectivity index (χ0v) is 8.19. The molecule has 2 N–H and O–H groups in total. The van der Waals surface area contributed by atoms with Gasteiger partial charge in [0.15, 0.2) is 0 Å². The number of nitrogens with two attached hydrogens (primary N) is 1. The minimum atomic E-state index is 1.05. The Kier molecular flexibility index (Phi) is 2.68. The molecule has 1 aliphatic rings. The summed E-state index contributed by atoms with van der Waals surface area (Å²) >= 11 is 0. The van der Waals surface area contributed by atoms with Gasteiger partial charge in [-0.15, -0.1) is 0 Å². The van der Waals surface area contributed by atoms with E-state index in [0.717, 1.165) is 5.56 Å². The van der Waals surface area contributed by atoms with E-state index in [1.165, 1.54) is 31.6 Å². The summed E-state index contributed by atoms with van der Waals surface area (Å²) in [6.07, 6.45) is 4.28. The molecule has 1 aromatic carbocycles. The van der Waals surface area contributed by atoms with E-state index in [1.54, 1.807) is 6.21 Å². The van der Waals surface area contributed by atoms with Crippen LogP contribution in [0, 0.1) is 0 Å². The fourth-order valence-corrected chi connectivity index (χ4v) is 1.83. The lowest BCUT2D eigenvalue weighted by atomic mass is 10.2. The van der Waals surface area contributed by atoms with Gasteiger partial charge >= 0.3 is 0 Å². The summed E-state index contributed by atoms with van der Waals surface area (Å²) in [5.74, 6) is 5.08. The van der Waals surface area contributed by atoms with Gasteiger partial charge in [-0.1, -0.05) is 12.1 Å². The number of anilines is 1. The Hall–Kier alpha value is -1.51. The molecule has 1 fully saturated rings. The largest absolute Gasteiger partial charge is 0.372 e. The summed E-state index contributed by atoms with van der Waals surface area (Å²) in [6.45, 7) is 2.37. The average Bonchev–Trinajstić information content (AvgIpc) is 2.72. The van der Waals surface area contributed by atoms with Crippen molar-refractivity contribution in [2.45, 2.75) is 12.8 Å². The van der Waals surface area contributed by atoms with Crippen LogP contribution in [0.1, 0.15) is 18.4 Å². The minimum Gasteiger partial charge on any atom is -0.372 e. The summed E-state index contributed by atoms with van der Waals surface area (Å²) in [7, 11) is 0. The molecule has 1 aliphatic heterocycles. The maximum Gasteiger partial charge on any atom is 0.0538 e. The van der Waals surface area contributed by atoms with E-state index in [1.807, 2.05) is 12.1 Å². The second-order valence-corrected chi connectivity index (χ2v) is 3.56. The Morgan fingerprint density at radius 2 is 1.79 bits per heavy atom. The Bertz CT molecular complexity index is 310. The SMILES string of the molecule is NN=Cc1ccc(N2CCCC2)cc1. The highest BCUT2D eigenvalue weighted by atomic mass is 15.1. The molecule has 1 aromatic rings. The lowest BCUT2D eigenvalue weighted by Crippen LogP contribution is -2.17. The monoisotopic (exact) mass is 189 g/mol. The second kappa shape index (κ2) is 4.13. The van der Waals surface area contributed by atoms with Crippen LogP contribution in [0.3, 0.4) is 0 Å². The van der Waals surface area contributed by atoms with Crippen LogP contribution >= 0.6 is 0 Å². The minimum absolute atomic E-state index is 1.05. The zero-order chi connectivity index (χ0) is 9.80. The van der Waals surface area contributed by atoms with Crippen molar-refractivity contribution >= 4 is 11.9 Å². The van der Waals surface area contributed by atoms with Gasteiger partial charge in [0.05, 0.1) is 6.21 Å². The molecule has 0 bridgehead atoms. The average molecular weight is 189 g/mol. The van der Waals surface area contributed by atoms with Crippen molar-refractivity contribution in [3.8, 4) is 0 Å². The first-order valence-corrected chi connectivity index (χ1v) is 4.98. The quantitative estimate of drug-likeness (QED) is 0.436. The molecule has 0 aromatic heterocycles. The van der Waals surface area contributed by atoms with Gasteiger partial charge in [-0.3, -0.25) is 0 Å². The summed E-state index contributed by atoms with van der Waals surface area (Å²) in [5.41, 5.74) is 2.35.